The molecule has 3 aromatic rings. The number of hydrogen-bond acceptors (Lipinski definition) is 5. The second kappa shape index (κ2) is 8.75. The minimum atomic E-state index is -0.237. The molecule has 1 aliphatic carbocycles. The van der Waals surface area contributed by atoms with E-state index in [9.17, 15) is 9.18 Å². The highest BCUT2D eigenvalue weighted by atomic mass is 32.1. The second-order valence-electron chi connectivity index (χ2n) is 10.8. The summed E-state index contributed by atoms with van der Waals surface area (Å²) in [6, 6.07) is 15.8. The number of likely N-dealkylation sites (tertiary alicyclic amines) is 1. The summed E-state index contributed by atoms with van der Waals surface area (Å²) < 4.78 is 14.4. The van der Waals surface area contributed by atoms with Crippen molar-refractivity contribution in [2.75, 3.05) is 31.1 Å². The minimum absolute atomic E-state index is 0.0522. The SMILES string of the molecule is C[C@@H]1CN(c2nc3ccc(F)cc3s2)C[C@@H](C)N1C(=O)NC1CC2(C1)CN(Cc1ccccc1)C2. The summed E-state index contributed by atoms with van der Waals surface area (Å²) in [5, 5.41) is 4.21. The van der Waals surface area contributed by atoms with E-state index in [1.54, 1.807) is 12.1 Å². The zero-order chi connectivity index (χ0) is 24.2. The van der Waals surface area contributed by atoms with Gasteiger partial charge in [0.15, 0.2) is 5.13 Å². The monoisotopic (exact) mass is 493 g/mol. The van der Waals surface area contributed by atoms with Gasteiger partial charge in [0, 0.05) is 50.8 Å². The number of carbonyl (C=O) groups excluding carboxylic acids is 1. The fourth-order valence-corrected chi connectivity index (χ4v) is 7.36. The molecule has 2 aromatic carbocycles. The van der Waals surface area contributed by atoms with E-state index in [1.165, 1.54) is 23.0 Å². The molecule has 0 unspecified atom stereocenters. The van der Waals surface area contributed by atoms with E-state index in [2.05, 4.69) is 59.3 Å². The number of halogens is 1. The summed E-state index contributed by atoms with van der Waals surface area (Å²) in [6.45, 7) is 8.93. The maximum absolute atomic E-state index is 13.6. The van der Waals surface area contributed by atoms with Gasteiger partial charge in [0.2, 0.25) is 0 Å². The molecule has 0 bridgehead atoms. The molecule has 2 saturated heterocycles. The first-order chi connectivity index (χ1) is 16.9. The number of benzene rings is 2. The van der Waals surface area contributed by atoms with Crippen molar-refractivity contribution in [1.82, 2.24) is 20.1 Å². The van der Waals surface area contributed by atoms with Crippen LogP contribution < -0.4 is 10.2 Å². The first kappa shape index (κ1) is 22.7. The molecule has 1 spiro atoms. The van der Waals surface area contributed by atoms with Crippen molar-refractivity contribution >= 4 is 32.7 Å². The molecule has 1 N–H and O–H groups in total. The van der Waals surface area contributed by atoms with E-state index in [4.69, 9.17) is 4.98 Å². The zero-order valence-corrected chi connectivity index (χ0v) is 21.1. The molecule has 3 fully saturated rings. The number of piperazine rings is 1. The molecule has 3 aliphatic rings. The highest BCUT2D eigenvalue weighted by Crippen LogP contribution is 2.48. The summed E-state index contributed by atoms with van der Waals surface area (Å²) in [5.41, 5.74) is 2.59. The number of thiazole rings is 1. The van der Waals surface area contributed by atoms with Gasteiger partial charge in [-0.2, -0.15) is 0 Å². The zero-order valence-electron chi connectivity index (χ0n) is 20.3. The van der Waals surface area contributed by atoms with E-state index in [0.717, 1.165) is 60.9 Å². The Bertz CT molecular complexity index is 1210. The van der Waals surface area contributed by atoms with Crippen LogP contribution in [0.5, 0.6) is 0 Å². The number of anilines is 1. The van der Waals surface area contributed by atoms with Gasteiger partial charge in [-0.1, -0.05) is 41.7 Å². The average molecular weight is 494 g/mol. The average Bonchev–Trinajstić information content (AvgIpc) is 3.19. The van der Waals surface area contributed by atoms with Crippen LogP contribution in [0.4, 0.5) is 14.3 Å². The Kier molecular flexibility index (Phi) is 5.68. The smallest absolute Gasteiger partial charge is 0.318 e. The summed E-state index contributed by atoms with van der Waals surface area (Å²) in [5.74, 6) is -0.237. The third-order valence-electron chi connectivity index (χ3n) is 7.82. The van der Waals surface area contributed by atoms with Gasteiger partial charge in [0.05, 0.1) is 10.2 Å². The summed E-state index contributed by atoms with van der Waals surface area (Å²) in [4.78, 5) is 24.6. The van der Waals surface area contributed by atoms with Crippen LogP contribution in [-0.2, 0) is 6.54 Å². The topological polar surface area (TPSA) is 51.7 Å². The van der Waals surface area contributed by atoms with E-state index in [-0.39, 0.29) is 30.0 Å². The van der Waals surface area contributed by atoms with E-state index in [1.807, 2.05) is 4.90 Å². The lowest BCUT2D eigenvalue weighted by molar-refractivity contribution is -0.0812. The lowest BCUT2D eigenvalue weighted by atomic mass is 9.60. The number of urea groups is 1. The predicted molar refractivity (Wildman–Crippen MR) is 138 cm³/mol. The van der Waals surface area contributed by atoms with Crippen molar-refractivity contribution in [2.24, 2.45) is 5.41 Å². The molecule has 2 atom stereocenters. The van der Waals surface area contributed by atoms with E-state index < -0.39 is 0 Å². The van der Waals surface area contributed by atoms with Gasteiger partial charge < -0.3 is 15.1 Å². The van der Waals surface area contributed by atoms with Gasteiger partial charge in [-0.3, -0.25) is 4.90 Å². The van der Waals surface area contributed by atoms with Gasteiger partial charge in [-0.25, -0.2) is 14.2 Å². The Morgan fingerprint density at radius 1 is 1.11 bits per heavy atom. The Labute approximate surface area is 209 Å². The molecule has 184 valence electrons. The molecular weight excluding hydrogens is 461 g/mol. The maximum Gasteiger partial charge on any atom is 0.318 e. The maximum atomic E-state index is 13.6. The van der Waals surface area contributed by atoms with Gasteiger partial charge in [-0.15, -0.1) is 0 Å². The fraction of sp³-hybridized carbons (Fsp3) is 0.481. The van der Waals surface area contributed by atoms with Gasteiger partial charge in [0.1, 0.15) is 5.82 Å². The van der Waals surface area contributed by atoms with Crippen LogP contribution in [0.3, 0.4) is 0 Å². The van der Waals surface area contributed by atoms with Crippen molar-refractivity contribution in [1.29, 1.82) is 0 Å². The fourth-order valence-electron chi connectivity index (χ4n) is 6.35. The molecule has 6 nitrogen and oxygen atoms in total. The number of aromatic nitrogens is 1. The molecule has 3 heterocycles. The van der Waals surface area contributed by atoms with Gasteiger partial charge in [0.25, 0.3) is 0 Å². The molecule has 35 heavy (non-hydrogen) atoms. The third-order valence-corrected chi connectivity index (χ3v) is 8.90. The van der Waals surface area contributed by atoms with E-state index >= 15 is 0 Å². The quantitative estimate of drug-likeness (QED) is 0.572. The summed E-state index contributed by atoms with van der Waals surface area (Å²) in [7, 11) is 0. The first-order valence-corrected chi connectivity index (χ1v) is 13.4. The molecule has 2 amide bonds. The molecule has 8 heteroatoms. The normalized spacial score (nSPS) is 24.4. The highest BCUT2D eigenvalue weighted by Gasteiger charge is 2.52. The van der Waals surface area contributed by atoms with Crippen molar-refractivity contribution in [3.05, 3.63) is 59.9 Å². The molecule has 0 radical (unpaired) electrons. The number of hydrogen-bond donors (Lipinski definition) is 1. The van der Waals surface area contributed by atoms with Crippen LogP contribution in [0.15, 0.2) is 48.5 Å². The largest absolute Gasteiger partial charge is 0.344 e. The number of carbonyl (C=O) groups is 1. The highest BCUT2D eigenvalue weighted by molar-refractivity contribution is 7.22. The van der Waals surface area contributed by atoms with E-state index in [0.29, 0.717) is 5.41 Å². The Hall–Kier alpha value is -2.71. The van der Waals surface area contributed by atoms with Crippen LogP contribution in [0.25, 0.3) is 10.2 Å². The molecule has 1 aromatic heterocycles. The van der Waals surface area contributed by atoms with Crippen LogP contribution in [0.1, 0.15) is 32.3 Å². The lowest BCUT2D eigenvalue weighted by Crippen LogP contribution is -2.68. The van der Waals surface area contributed by atoms with Crippen LogP contribution in [0, 0.1) is 11.2 Å². The van der Waals surface area contributed by atoms with Gasteiger partial charge >= 0.3 is 6.03 Å². The van der Waals surface area contributed by atoms with Crippen molar-refractivity contribution < 1.29 is 9.18 Å². The molecule has 2 aliphatic heterocycles. The first-order valence-electron chi connectivity index (χ1n) is 12.5. The minimum Gasteiger partial charge on any atom is -0.344 e. The standard InChI is InChI=1S/C27H32FN5OS/c1-18-13-32(26-30-23-9-8-21(28)10-24(23)35-26)14-19(2)33(18)25(34)29-22-11-27(12-22)16-31(17-27)15-20-6-4-3-5-7-20/h3-10,18-19,22H,11-17H2,1-2H3,(H,29,34)/t18-,19-/m1/s1. The molecule has 6 rings (SSSR count). The van der Waals surface area contributed by atoms with Crippen molar-refractivity contribution in [3.8, 4) is 0 Å². The number of nitrogens with zero attached hydrogens (tertiary/aromatic N) is 4. The number of amides is 2. The Balaban J connectivity index is 1.00. The molecular formula is C27H32FN5OS. The Morgan fingerprint density at radius 3 is 2.54 bits per heavy atom. The predicted octanol–water partition coefficient (Wildman–Crippen LogP) is 4.71. The number of nitrogens with one attached hydrogen (secondary N) is 1. The van der Waals surface area contributed by atoms with Crippen LogP contribution in [0.2, 0.25) is 0 Å². The summed E-state index contributed by atoms with van der Waals surface area (Å²) in [6.07, 6.45) is 2.16. The van der Waals surface area contributed by atoms with Crippen molar-refractivity contribution in [2.45, 2.75) is 51.4 Å². The van der Waals surface area contributed by atoms with Crippen molar-refractivity contribution in [3.63, 3.8) is 0 Å². The number of fused-ring (bicyclic) bond motifs is 1. The third kappa shape index (κ3) is 4.38. The Morgan fingerprint density at radius 2 is 1.83 bits per heavy atom. The lowest BCUT2D eigenvalue weighted by Gasteiger charge is -2.59. The van der Waals surface area contributed by atoms with Crippen LogP contribution in [-0.4, -0.2) is 65.1 Å². The van der Waals surface area contributed by atoms with Gasteiger partial charge in [-0.05, 0) is 55.9 Å². The number of rotatable bonds is 4. The summed E-state index contributed by atoms with van der Waals surface area (Å²) >= 11 is 1.52. The molecule has 1 saturated carbocycles. The second-order valence-corrected chi connectivity index (χ2v) is 11.8. The van der Waals surface area contributed by atoms with Crippen LogP contribution >= 0.6 is 11.3 Å².